The molecule has 0 aromatic heterocycles. The van der Waals surface area contributed by atoms with Gasteiger partial charge in [0, 0.05) is 18.8 Å². The van der Waals surface area contributed by atoms with E-state index in [1.165, 1.54) is 22.5 Å². The van der Waals surface area contributed by atoms with Crippen molar-refractivity contribution in [1.29, 1.82) is 0 Å². The molecule has 0 radical (unpaired) electrons. The van der Waals surface area contributed by atoms with Gasteiger partial charge in [-0.3, -0.25) is 13.9 Å². The molecule has 7 nitrogen and oxygen atoms in total. The Morgan fingerprint density at radius 2 is 1.61 bits per heavy atom. The number of carbonyl (C=O) groups is 2. The summed E-state index contributed by atoms with van der Waals surface area (Å²) in [5.41, 5.74) is 1.89. The van der Waals surface area contributed by atoms with Crippen LogP contribution in [0.25, 0.3) is 0 Å². The molecule has 0 bridgehead atoms. The van der Waals surface area contributed by atoms with E-state index >= 15 is 0 Å². The van der Waals surface area contributed by atoms with E-state index in [9.17, 15) is 18.0 Å². The van der Waals surface area contributed by atoms with Gasteiger partial charge in [-0.15, -0.1) is 0 Å². The largest absolute Gasteiger partial charge is 0.337 e. The fourth-order valence-electron chi connectivity index (χ4n) is 5.59. The van der Waals surface area contributed by atoms with Crippen molar-refractivity contribution in [3.63, 3.8) is 0 Å². The van der Waals surface area contributed by atoms with Gasteiger partial charge >= 0.3 is 0 Å². The monoisotopic (exact) mass is 605 g/mol. The second-order valence-corrected chi connectivity index (χ2v) is 12.8. The summed E-state index contributed by atoms with van der Waals surface area (Å²) in [7, 11) is -4.19. The van der Waals surface area contributed by atoms with Gasteiger partial charge in [0.2, 0.25) is 5.91 Å². The molecule has 2 heterocycles. The predicted octanol–water partition coefficient (Wildman–Crippen LogP) is 6.12. The topological polar surface area (TPSA) is 86.8 Å². The van der Waals surface area contributed by atoms with Crippen molar-refractivity contribution < 1.29 is 18.0 Å². The molecule has 208 valence electrons. The summed E-state index contributed by atoms with van der Waals surface area (Å²) in [6.45, 7) is 0.525. The molecule has 1 saturated heterocycles. The van der Waals surface area contributed by atoms with E-state index in [0.29, 0.717) is 18.7 Å². The first-order chi connectivity index (χ1) is 19.7. The summed E-state index contributed by atoms with van der Waals surface area (Å²) >= 11 is 12.9. The maximum Gasteiger partial charge on any atom is 0.264 e. The van der Waals surface area contributed by atoms with Crippen LogP contribution in [0.2, 0.25) is 10.0 Å². The molecule has 6 rings (SSSR count). The zero-order valence-electron chi connectivity index (χ0n) is 21.8. The van der Waals surface area contributed by atoms with Crippen LogP contribution in [0.5, 0.6) is 0 Å². The zero-order chi connectivity index (χ0) is 28.8. The first-order valence-electron chi connectivity index (χ1n) is 13.0. The Bertz CT molecular complexity index is 1780. The first kappa shape index (κ1) is 27.3. The van der Waals surface area contributed by atoms with E-state index in [1.54, 1.807) is 29.2 Å². The van der Waals surface area contributed by atoms with Crippen LogP contribution in [-0.2, 0) is 26.8 Å². The number of para-hydroxylation sites is 2. The molecule has 4 aromatic rings. The minimum atomic E-state index is -4.19. The molecule has 1 atom stereocenters. The van der Waals surface area contributed by atoms with Crippen LogP contribution in [0.3, 0.4) is 0 Å². The lowest BCUT2D eigenvalue weighted by Crippen LogP contribution is -2.39. The second kappa shape index (κ2) is 10.5. The summed E-state index contributed by atoms with van der Waals surface area (Å²) in [4.78, 5) is 28.3. The molecular weight excluding hydrogens is 581 g/mol. The Kier molecular flexibility index (Phi) is 7.01. The smallest absolute Gasteiger partial charge is 0.264 e. The van der Waals surface area contributed by atoms with Crippen molar-refractivity contribution in [1.82, 2.24) is 4.90 Å². The van der Waals surface area contributed by atoms with Gasteiger partial charge in [0.05, 0.1) is 38.2 Å². The van der Waals surface area contributed by atoms with Gasteiger partial charge in [-0.2, -0.15) is 0 Å². The van der Waals surface area contributed by atoms with Crippen LogP contribution in [0, 0.1) is 0 Å². The maximum absolute atomic E-state index is 14.1. The number of nitrogens with zero attached hydrogens (tertiary/aromatic N) is 2. The second-order valence-electron chi connectivity index (χ2n) is 10.1. The molecule has 10 heteroatoms. The van der Waals surface area contributed by atoms with Crippen LogP contribution in [0.4, 0.5) is 11.4 Å². The summed E-state index contributed by atoms with van der Waals surface area (Å²) in [5.74, 6) is -0.582. The van der Waals surface area contributed by atoms with Crippen LogP contribution >= 0.6 is 23.2 Å². The van der Waals surface area contributed by atoms with E-state index < -0.39 is 21.3 Å². The van der Waals surface area contributed by atoms with E-state index in [1.807, 2.05) is 54.6 Å². The Hall–Kier alpha value is -3.85. The van der Waals surface area contributed by atoms with E-state index in [2.05, 4.69) is 5.32 Å². The molecule has 2 amide bonds. The molecule has 0 aliphatic carbocycles. The van der Waals surface area contributed by atoms with Crippen molar-refractivity contribution in [2.24, 2.45) is 0 Å². The first-order valence-corrected chi connectivity index (χ1v) is 15.2. The molecule has 4 aromatic carbocycles. The number of anilines is 2. The Labute approximate surface area is 248 Å². The summed E-state index contributed by atoms with van der Waals surface area (Å²) in [6.07, 6.45) is 0.453. The number of likely N-dealkylation sites (tertiary alicyclic amines) is 1. The van der Waals surface area contributed by atoms with Crippen molar-refractivity contribution in [3.8, 4) is 0 Å². The number of hydrogen-bond donors (Lipinski definition) is 1. The predicted molar refractivity (Wildman–Crippen MR) is 160 cm³/mol. The third-order valence-corrected chi connectivity index (χ3v) is 10.1. The van der Waals surface area contributed by atoms with Crippen molar-refractivity contribution >= 4 is 56.4 Å². The number of amides is 2. The van der Waals surface area contributed by atoms with Gasteiger partial charge in [-0.25, -0.2) is 8.42 Å². The van der Waals surface area contributed by atoms with Gasteiger partial charge in [0.25, 0.3) is 15.9 Å². The highest BCUT2D eigenvalue weighted by molar-refractivity contribution is 7.92. The Morgan fingerprint density at radius 1 is 0.902 bits per heavy atom. The zero-order valence-corrected chi connectivity index (χ0v) is 24.1. The number of fused-ring (bicyclic) bond motifs is 2. The number of rotatable bonds is 6. The lowest BCUT2D eigenvalue weighted by Gasteiger charge is -2.26. The van der Waals surface area contributed by atoms with E-state index in [4.69, 9.17) is 23.2 Å². The molecule has 0 saturated carbocycles. The molecule has 2 aliphatic rings. The van der Waals surface area contributed by atoms with E-state index in [-0.39, 0.29) is 39.5 Å². The van der Waals surface area contributed by atoms with Crippen molar-refractivity contribution in [2.45, 2.75) is 23.3 Å². The minimum absolute atomic E-state index is 0.0297. The molecule has 1 fully saturated rings. The van der Waals surface area contributed by atoms with Gasteiger partial charge in [-0.1, -0.05) is 83.9 Å². The average Bonchev–Trinajstić information content (AvgIpc) is 3.54. The third-order valence-electron chi connectivity index (χ3n) is 7.73. The number of hydrogen-bond acceptors (Lipinski definition) is 4. The third kappa shape index (κ3) is 4.76. The summed E-state index contributed by atoms with van der Waals surface area (Å²) in [5, 5.41) is 3.32. The normalized spacial score (nSPS) is 17.9. The van der Waals surface area contributed by atoms with Crippen LogP contribution < -0.4 is 9.62 Å². The molecule has 2 aliphatic heterocycles. The highest BCUT2D eigenvalue weighted by Crippen LogP contribution is 2.44. The van der Waals surface area contributed by atoms with Gasteiger partial charge in [0.15, 0.2) is 0 Å². The molecule has 1 unspecified atom stereocenters. The number of benzene rings is 4. The number of halogens is 2. The van der Waals surface area contributed by atoms with Crippen molar-refractivity contribution in [3.05, 3.63) is 124 Å². The summed E-state index contributed by atoms with van der Waals surface area (Å²) < 4.78 is 29.5. The Morgan fingerprint density at radius 3 is 2.39 bits per heavy atom. The van der Waals surface area contributed by atoms with Crippen LogP contribution in [0.1, 0.15) is 27.9 Å². The fourth-order valence-corrected chi connectivity index (χ4v) is 7.58. The number of carbonyl (C=O) groups excluding carboxylic acids is 2. The quantitative estimate of drug-likeness (QED) is 0.287. The van der Waals surface area contributed by atoms with Gasteiger partial charge in [-0.05, 0) is 53.9 Å². The maximum atomic E-state index is 14.1. The molecule has 1 spiro atoms. The molecule has 41 heavy (non-hydrogen) atoms. The highest BCUT2D eigenvalue weighted by Gasteiger charge is 2.52. The number of sulfonamides is 1. The SMILES string of the molecule is O=C(c1cc(S(=O)(=O)N(Cc2ccccc2)c2ccccc2Cl)ccc1Cl)N1CCC2(C1)C(=O)Nc1ccccc12. The van der Waals surface area contributed by atoms with Crippen LogP contribution in [-0.4, -0.2) is 38.2 Å². The van der Waals surface area contributed by atoms with E-state index in [0.717, 1.165) is 16.8 Å². The minimum Gasteiger partial charge on any atom is -0.337 e. The van der Waals surface area contributed by atoms with Crippen LogP contribution in [0.15, 0.2) is 102 Å². The van der Waals surface area contributed by atoms with Gasteiger partial charge < -0.3 is 10.2 Å². The lowest BCUT2D eigenvalue weighted by molar-refractivity contribution is -0.120. The average molecular weight is 607 g/mol. The van der Waals surface area contributed by atoms with Gasteiger partial charge in [0.1, 0.15) is 0 Å². The standard InChI is InChI=1S/C31H25Cl2N3O4S/c32-25-15-14-22(41(39,40)36(19-21-8-2-1-3-9-21)28-13-7-5-11-26(28)33)18-23(25)29(37)35-17-16-31(20-35)24-10-4-6-12-27(24)34-30(31)38/h1-15,18H,16-17,19-20H2,(H,34,38). The lowest BCUT2D eigenvalue weighted by atomic mass is 9.81. The molecule has 1 N–H and O–H groups in total. The molecular formula is C31H25Cl2N3O4S. The summed E-state index contributed by atoms with van der Waals surface area (Å²) in [6, 6.07) is 27.5. The Balaban J connectivity index is 1.34. The highest BCUT2D eigenvalue weighted by atomic mass is 35.5. The fraction of sp³-hybridized carbons (Fsp3) is 0.161. The van der Waals surface area contributed by atoms with Crippen molar-refractivity contribution in [2.75, 3.05) is 22.7 Å². The number of nitrogens with one attached hydrogen (secondary N) is 1.